The van der Waals surface area contributed by atoms with E-state index in [2.05, 4.69) is 15.0 Å². The van der Waals surface area contributed by atoms with Gasteiger partial charge in [0.1, 0.15) is 23.8 Å². The van der Waals surface area contributed by atoms with Gasteiger partial charge in [-0.3, -0.25) is 14.5 Å². The van der Waals surface area contributed by atoms with Gasteiger partial charge in [-0.2, -0.15) is 39.5 Å². The van der Waals surface area contributed by atoms with Gasteiger partial charge in [-0.1, -0.05) is 6.92 Å². The van der Waals surface area contributed by atoms with Crippen molar-refractivity contribution in [1.82, 2.24) is 15.0 Å². The topological polar surface area (TPSA) is 208 Å². The summed E-state index contributed by atoms with van der Waals surface area (Å²) < 4.78 is 137. The third kappa shape index (κ3) is 12.3. The zero-order chi connectivity index (χ0) is 42.9. The van der Waals surface area contributed by atoms with Crippen molar-refractivity contribution in [1.29, 1.82) is 0 Å². The number of nitrogens with zero attached hydrogens (tertiary/aromatic N) is 4. The van der Waals surface area contributed by atoms with Crippen LogP contribution in [0.25, 0.3) is 0 Å². The maximum absolute atomic E-state index is 13.5. The number of pyridine rings is 1. The fraction of sp³-hybridized carbons (Fsp3) is 0.471. The van der Waals surface area contributed by atoms with Crippen molar-refractivity contribution >= 4 is 23.7 Å². The van der Waals surface area contributed by atoms with Crippen molar-refractivity contribution in [3.8, 4) is 5.75 Å². The summed E-state index contributed by atoms with van der Waals surface area (Å²) in [4.78, 5) is 45.0. The maximum atomic E-state index is 13.5. The first kappa shape index (κ1) is 46.1. The minimum absolute atomic E-state index is 0.0307. The van der Waals surface area contributed by atoms with Crippen LogP contribution in [-0.4, -0.2) is 87.5 Å². The summed E-state index contributed by atoms with van der Waals surface area (Å²) in [5.74, 6) is -3.55. The van der Waals surface area contributed by atoms with Crippen LogP contribution in [0.2, 0.25) is 0 Å². The number of benzene rings is 1. The first-order valence-electron chi connectivity index (χ1n) is 16.6. The van der Waals surface area contributed by atoms with Gasteiger partial charge in [0, 0.05) is 20.0 Å². The summed E-state index contributed by atoms with van der Waals surface area (Å²) in [7, 11) is 1.35. The Kier molecular flexibility index (Phi) is 15.2. The van der Waals surface area contributed by atoms with Gasteiger partial charge in [-0.25, -0.2) is 19.7 Å². The third-order valence-electron chi connectivity index (χ3n) is 8.30. The average Bonchev–Trinajstić information content (AvgIpc) is 3.10. The highest BCUT2D eigenvalue weighted by Gasteiger charge is 2.50. The van der Waals surface area contributed by atoms with Crippen LogP contribution in [0.1, 0.15) is 71.7 Å². The number of halogens is 9. The number of hydrogen-bond donors (Lipinski definition) is 4. The first-order chi connectivity index (χ1) is 26.4. The second-order valence-electron chi connectivity index (χ2n) is 12.3. The van der Waals surface area contributed by atoms with E-state index in [0.29, 0.717) is 23.1 Å². The van der Waals surface area contributed by atoms with Crippen molar-refractivity contribution < 1.29 is 83.4 Å². The highest BCUT2D eigenvalue weighted by molar-refractivity contribution is 5.89. The number of carbonyl (C=O) groups is 3. The normalized spacial score (nSPS) is 17.0. The highest BCUT2D eigenvalue weighted by atomic mass is 19.4. The number of carboxylic acid groups (broad SMARTS) is 3. The van der Waals surface area contributed by atoms with Crippen molar-refractivity contribution in [3.63, 3.8) is 0 Å². The number of methoxy groups -OCH3 is 1. The van der Waals surface area contributed by atoms with Crippen LogP contribution in [-0.2, 0) is 50.4 Å². The second kappa shape index (κ2) is 18.8. The number of rotatable bonds is 14. The zero-order valence-corrected chi connectivity index (χ0v) is 30.0. The molecule has 1 aromatic carbocycles. The number of aliphatic carboxylic acids is 2. The Hall–Kier alpha value is -5.29. The molecule has 23 heteroatoms. The number of carboxylic acids is 2. The number of fused-ring (bicyclic) bond motifs is 1. The standard InChI is InChI=1S/C28H26F9N5O4.C6H10O5/c1-3-25(38)17(12-18-20(42(25)24(43)44)4-5-22(40-18)28(35,36)37)23-39-13-21(46-7-6-45-2)19(41-23)10-14-8-15(26(29,30)31)11-16(9-14)27(32,33)34;7-5(8)1-3-11-4-2-6(9)10/h4-5,8-9,11,13,17H,3,6-7,10,12,38H2,1-2H3,(H,43,44);1-4H2,(H,7,8)(H,9,10). The molecular weight excluding hydrogens is 793 g/mol. The summed E-state index contributed by atoms with van der Waals surface area (Å²) in [6.45, 7) is 1.57. The maximum Gasteiger partial charge on any atom is 0.433 e. The summed E-state index contributed by atoms with van der Waals surface area (Å²) in [6.07, 6.45) is -17.0. The van der Waals surface area contributed by atoms with Crippen LogP contribution in [0.5, 0.6) is 5.75 Å². The van der Waals surface area contributed by atoms with Crippen molar-refractivity contribution in [2.45, 2.75) is 69.1 Å². The Morgan fingerprint density at radius 2 is 1.44 bits per heavy atom. The number of aromatic nitrogens is 3. The molecule has 2 aromatic heterocycles. The Balaban J connectivity index is 0.000000689. The van der Waals surface area contributed by atoms with E-state index in [1.807, 2.05) is 0 Å². The minimum atomic E-state index is -5.12. The molecular formula is C34H36F9N5O9. The van der Waals surface area contributed by atoms with Gasteiger partial charge in [-0.15, -0.1) is 0 Å². The largest absolute Gasteiger partial charge is 0.488 e. The molecule has 0 saturated heterocycles. The Labute approximate surface area is 317 Å². The van der Waals surface area contributed by atoms with E-state index in [0.717, 1.165) is 12.3 Å². The second-order valence-corrected chi connectivity index (χ2v) is 12.3. The summed E-state index contributed by atoms with van der Waals surface area (Å²) in [6, 6.07) is 2.53. The fourth-order valence-electron chi connectivity index (χ4n) is 5.56. The number of nitrogens with two attached hydrogens (primary N) is 1. The van der Waals surface area contributed by atoms with E-state index >= 15 is 0 Å². The van der Waals surface area contributed by atoms with Gasteiger partial charge < -0.3 is 35.3 Å². The molecule has 1 aliphatic rings. The van der Waals surface area contributed by atoms with Gasteiger partial charge >= 0.3 is 36.6 Å². The number of ether oxygens (including phenoxy) is 3. The number of hydrogen-bond acceptors (Lipinski definition) is 10. The van der Waals surface area contributed by atoms with E-state index in [1.54, 1.807) is 0 Å². The predicted octanol–water partition coefficient (Wildman–Crippen LogP) is 6.39. The lowest BCUT2D eigenvalue weighted by molar-refractivity contribution is -0.144. The van der Waals surface area contributed by atoms with Crippen molar-refractivity contribution in [2.75, 3.05) is 38.4 Å². The molecule has 4 rings (SSSR count). The molecule has 57 heavy (non-hydrogen) atoms. The molecule has 0 bridgehead atoms. The summed E-state index contributed by atoms with van der Waals surface area (Å²) in [5, 5.41) is 26.3. The van der Waals surface area contributed by atoms with E-state index in [-0.39, 0.29) is 80.4 Å². The van der Waals surface area contributed by atoms with Gasteiger partial charge in [-0.05, 0) is 42.3 Å². The lowest BCUT2D eigenvalue weighted by atomic mass is 9.80. The van der Waals surface area contributed by atoms with E-state index in [4.69, 9.17) is 30.2 Å². The molecule has 2 atom stereocenters. The Morgan fingerprint density at radius 1 is 0.860 bits per heavy atom. The van der Waals surface area contributed by atoms with E-state index < -0.39 is 83.4 Å². The molecule has 1 aliphatic heterocycles. The molecule has 2 unspecified atom stereocenters. The van der Waals surface area contributed by atoms with Crippen LogP contribution >= 0.6 is 0 Å². The highest BCUT2D eigenvalue weighted by Crippen LogP contribution is 2.45. The molecule has 0 spiro atoms. The van der Waals surface area contributed by atoms with Crippen LogP contribution in [0.3, 0.4) is 0 Å². The monoisotopic (exact) mass is 829 g/mol. The number of anilines is 1. The fourth-order valence-corrected chi connectivity index (χ4v) is 5.56. The van der Waals surface area contributed by atoms with Crippen LogP contribution < -0.4 is 15.4 Å². The molecule has 5 N–H and O–H groups in total. The molecule has 0 aliphatic carbocycles. The molecule has 0 saturated carbocycles. The van der Waals surface area contributed by atoms with Crippen molar-refractivity contribution in [3.05, 3.63) is 76.1 Å². The molecule has 314 valence electrons. The quantitative estimate of drug-likeness (QED) is 0.103. The Morgan fingerprint density at radius 3 is 1.91 bits per heavy atom. The third-order valence-corrected chi connectivity index (χ3v) is 8.30. The molecule has 0 fully saturated rings. The van der Waals surface area contributed by atoms with Crippen LogP contribution in [0.4, 0.5) is 50.0 Å². The van der Waals surface area contributed by atoms with Crippen LogP contribution in [0.15, 0.2) is 36.5 Å². The summed E-state index contributed by atoms with van der Waals surface area (Å²) in [5.41, 5.74) is -0.827. The lowest BCUT2D eigenvalue weighted by Gasteiger charge is -2.47. The minimum Gasteiger partial charge on any atom is -0.488 e. The SMILES string of the molecule is CCC1(N)C(c2ncc(OCCOC)c(Cc3cc(C(F)(F)F)cc(C(F)(F)F)c3)n2)Cc2nc(C(F)(F)F)ccc2N1C(=O)O.O=C(O)CCOCCC(=O)O. The van der Waals surface area contributed by atoms with E-state index in [1.165, 1.54) is 14.0 Å². The Bertz CT molecular complexity index is 1850. The smallest absolute Gasteiger partial charge is 0.433 e. The predicted molar refractivity (Wildman–Crippen MR) is 177 cm³/mol. The lowest BCUT2D eigenvalue weighted by Crippen LogP contribution is -2.64. The van der Waals surface area contributed by atoms with Gasteiger partial charge in [0.05, 0.1) is 73.0 Å². The van der Waals surface area contributed by atoms with Gasteiger partial charge in [0.2, 0.25) is 0 Å². The number of amides is 1. The molecule has 1 amide bonds. The molecule has 3 aromatic rings. The summed E-state index contributed by atoms with van der Waals surface area (Å²) >= 11 is 0. The number of alkyl halides is 9. The first-order valence-corrected chi connectivity index (χ1v) is 16.6. The van der Waals surface area contributed by atoms with Crippen molar-refractivity contribution in [2.24, 2.45) is 5.73 Å². The molecule has 3 heterocycles. The molecule has 0 radical (unpaired) electrons. The molecule has 14 nitrogen and oxygen atoms in total. The average molecular weight is 830 g/mol. The van der Waals surface area contributed by atoms with Gasteiger partial charge in [0.25, 0.3) is 0 Å². The van der Waals surface area contributed by atoms with Crippen LogP contribution in [0, 0.1) is 0 Å². The zero-order valence-electron chi connectivity index (χ0n) is 30.0. The van der Waals surface area contributed by atoms with E-state index in [9.17, 15) is 59.0 Å². The van der Waals surface area contributed by atoms with Gasteiger partial charge in [0.15, 0.2) is 5.75 Å².